The van der Waals surface area contributed by atoms with Crippen LogP contribution in [-0.4, -0.2) is 29.0 Å². The number of carbonyl (C=O) groups excluding carboxylic acids is 2. The Kier molecular flexibility index (Phi) is 12.9. The minimum atomic E-state index is -0.486. The number of ketones is 1. The van der Waals surface area contributed by atoms with E-state index in [4.69, 9.17) is 4.74 Å². The third-order valence-corrected chi connectivity index (χ3v) is 9.40. The Balaban J connectivity index is 1.74. The summed E-state index contributed by atoms with van der Waals surface area (Å²) >= 11 is 0. The highest BCUT2D eigenvalue weighted by Crippen LogP contribution is 2.37. The first-order valence-electron chi connectivity index (χ1n) is 16.2. The fraction of sp³-hybridized carbons (Fsp3) is 0.686. The summed E-state index contributed by atoms with van der Waals surface area (Å²) in [5, 5.41) is 13.8. The van der Waals surface area contributed by atoms with Gasteiger partial charge in [-0.05, 0) is 87.0 Å². The highest BCUT2D eigenvalue weighted by Gasteiger charge is 2.29. The number of aromatic nitrogens is 1. The zero-order chi connectivity index (χ0) is 29.9. The van der Waals surface area contributed by atoms with Crippen LogP contribution in [0.1, 0.15) is 117 Å². The fourth-order valence-corrected chi connectivity index (χ4v) is 6.60. The zero-order valence-corrected chi connectivity index (χ0v) is 26.4. The van der Waals surface area contributed by atoms with Gasteiger partial charge in [-0.2, -0.15) is 5.26 Å². The van der Waals surface area contributed by atoms with Crippen LogP contribution in [0.3, 0.4) is 0 Å². The number of benzene rings is 1. The minimum Gasteiger partial charge on any atom is -0.363 e. The van der Waals surface area contributed by atoms with Crippen LogP contribution in [-0.2, 0) is 21.4 Å². The van der Waals surface area contributed by atoms with Crippen molar-refractivity contribution in [3.8, 4) is 6.07 Å². The Labute approximate surface area is 248 Å². The Morgan fingerprint density at radius 2 is 1.83 bits per heavy atom. The van der Waals surface area contributed by atoms with Crippen LogP contribution in [0.25, 0.3) is 10.9 Å². The first kappa shape index (κ1) is 32.9. The van der Waals surface area contributed by atoms with Crippen molar-refractivity contribution in [2.75, 3.05) is 11.9 Å². The lowest BCUT2D eigenvalue weighted by Gasteiger charge is -2.22. The highest BCUT2D eigenvalue weighted by molar-refractivity contribution is 5.96. The van der Waals surface area contributed by atoms with Gasteiger partial charge in [0, 0.05) is 54.2 Å². The minimum absolute atomic E-state index is 0.0138. The summed E-state index contributed by atoms with van der Waals surface area (Å²) in [5.74, 6) is 1.06. The molecule has 1 aromatic carbocycles. The molecule has 5 unspecified atom stereocenters. The van der Waals surface area contributed by atoms with Gasteiger partial charge in [0.05, 0.1) is 6.07 Å². The molecule has 41 heavy (non-hydrogen) atoms. The summed E-state index contributed by atoms with van der Waals surface area (Å²) in [5.41, 5.74) is 3.26. The van der Waals surface area contributed by atoms with Crippen molar-refractivity contribution in [2.24, 2.45) is 30.7 Å². The predicted molar refractivity (Wildman–Crippen MR) is 168 cm³/mol. The van der Waals surface area contributed by atoms with E-state index in [2.05, 4.69) is 55.2 Å². The number of nitrogens with one attached hydrogen (secondary N) is 1. The smallest absolute Gasteiger partial charge is 0.227 e. The molecule has 226 valence electrons. The summed E-state index contributed by atoms with van der Waals surface area (Å²) in [6, 6.07) is 8.41. The first-order chi connectivity index (χ1) is 19.7. The maximum Gasteiger partial charge on any atom is 0.227 e. The molecular weight excluding hydrogens is 510 g/mol. The van der Waals surface area contributed by atoms with Crippen LogP contribution < -0.4 is 5.32 Å². The molecule has 1 aromatic heterocycles. The van der Waals surface area contributed by atoms with Crippen LogP contribution in [0.5, 0.6) is 0 Å². The number of fused-ring (bicyclic) bond motifs is 1. The Morgan fingerprint density at radius 1 is 1.10 bits per heavy atom. The third kappa shape index (κ3) is 8.67. The second-order valence-corrected chi connectivity index (χ2v) is 12.5. The van der Waals surface area contributed by atoms with E-state index in [1.807, 2.05) is 26.8 Å². The summed E-state index contributed by atoms with van der Waals surface area (Å²) < 4.78 is 7.82. The van der Waals surface area contributed by atoms with Crippen molar-refractivity contribution < 1.29 is 14.3 Å². The lowest BCUT2D eigenvalue weighted by molar-refractivity contribution is -0.127. The number of ether oxygens (including phenoxy) is 1. The van der Waals surface area contributed by atoms with Crippen molar-refractivity contribution in [1.82, 2.24) is 4.57 Å². The lowest BCUT2D eigenvalue weighted by Crippen LogP contribution is -2.28. The summed E-state index contributed by atoms with van der Waals surface area (Å²) in [4.78, 5) is 26.4. The highest BCUT2D eigenvalue weighted by atomic mass is 16.5. The second-order valence-electron chi connectivity index (χ2n) is 12.5. The molecule has 6 heteroatoms. The number of anilines is 1. The number of rotatable bonds is 17. The van der Waals surface area contributed by atoms with Crippen LogP contribution in [0.4, 0.5) is 5.69 Å². The van der Waals surface area contributed by atoms with Gasteiger partial charge in [0.15, 0.2) is 0 Å². The van der Waals surface area contributed by atoms with Gasteiger partial charge in [-0.25, -0.2) is 0 Å². The normalized spacial score (nSPS) is 17.6. The van der Waals surface area contributed by atoms with E-state index in [1.165, 1.54) is 23.8 Å². The number of Topliss-reactive ketones (excluding diaryl/α,β-unsaturated/α-hetero) is 1. The molecule has 0 spiro atoms. The quantitative estimate of drug-likeness (QED) is 0.209. The molecule has 0 bridgehead atoms. The number of aryl methyl sites for hydroxylation is 1. The molecule has 1 fully saturated rings. The van der Waals surface area contributed by atoms with Gasteiger partial charge in [-0.15, -0.1) is 0 Å². The van der Waals surface area contributed by atoms with Gasteiger partial charge in [-0.3, -0.25) is 9.59 Å². The van der Waals surface area contributed by atoms with E-state index in [1.54, 1.807) is 0 Å². The van der Waals surface area contributed by atoms with Crippen molar-refractivity contribution >= 4 is 28.3 Å². The van der Waals surface area contributed by atoms with E-state index in [0.29, 0.717) is 24.7 Å². The Hall–Kier alpha value is -2.65. The topological polar surface area (TPSA) is 84.1 Å². The molecule has 1 N–H and O–H groups in total. The van der Waals surface area contributed by atoms with Crippen molar-refractivity contribution in [2.45, 2.75) is 117 Å². The predicted octanol–water partition coefficient (Wildman–Crippen LogP) is 8.55. The van der Waals surface area contributed by atoms with Gasteiger partial charge >= 0.3 is 0 Å². The molecule has 1 aliphatic rings. The maximum atomic E-state index is 13.2. The molecule has 3 rings (SSSR count). The third-order valence-electron chi connectivity index (χ3n) is 9.40. The SMILES string of the molecule is CCCOC(C#N)CC(C)C(C)C(=O)Nc1ccc2c(c1)c(C(CCC)CCC(CC)C(=O)C1CCCC1)cn2C. The van der Waals surface area contributed by atoms with Gasteiger partial charge in [-0.1, -0.05) is 53.9 Å². The van der Waals surface area contributed by atoms with Crippen molar-refractivity contribution in [3.63, 3.8) is 0 Å². The number of carbonyl (C=O) groups is 2. The average molecular weight is 564 g/mol. The molecule has 1 saturated carbocycles. The van der Waals surface area contributed by atoms with Gasteiger partial charge < -0.3 is 14.6 Å². The van der Waals surface area contributed by atoms with Crippen molar-refractivity contribution in [3.05, 3.63) is 30.0 Å². The van der Waals surface area contributed by atoms with Crippen LogP contribution in [0.2, 0.25) is 0 Å². The second kappa shape index (κ2) is 16.1. The van der Waals surface area contributed by atoms with E-state index >= 15 is 0 Å². The monoisotopic (exact) mass is 563 g/mol. The summed E-state index contributed by atoms with van der Waals surface area (Å²) in [7, 11) is 2.08. The molecule has 0 saturated heterocycles. The first-order valence-corrected chi connectivity index (χ1v) is 16.2. The van der Waals surface area contributed by atoms with Gasteiger partial charge in [0.1, 0.15) is 11.9 Å². The molecule has 0 aliphatic heterocycles. The summed E-state index contributed by atoms with van der Waals surface area (Å²) in [6.45, 7) is 10.9. The van der Waals surface area contributed by atoms with E-state index in [0.717, 1.165) is 62.6 Å². The molecule has 0 radical (unpaired) electrons. The standard InChI is InChI=1S/C35H53N3O3/c1-7-12-27(16-15-26(9-3)34(39)28-13-10-11-14-28)32-23-38(6)33-18-17-29(21-31(32)33)37-35(40)25(5)24(4)20-30(22-36)41-19-8-2/h17-18,21,23-28,30H,7-16,19-20H2,1-6H3,(H,37,40). The number of amides is 1. The molecular formula is C35H53N3O3. The average Bonchev–Trinajstić information content (AvgIpc) is 3.62. The number of hydrogen-bond acceptors (Lipinski definition) is 4. The van der Waals surface area contributed by atoms with Gasteiger partial charge in [0.2, 0.25) is 5.91 Å². The fourth-order valence-electron chi connectivity index (χ4n) is 6.60. The zero-order valence-electron chi connectivity index (χ0n) is 26.4. The van der Waals surface area contributed by atoms with Crippen molar-refractivity contribution in [1.29, 1.82) is 5.26 Å². The van der Waals surface area contributed by atoms with E-state index in [-0.39, 0.29) is 29.6 Å². The number of hydrogen-bond donors (Lipinski definition) is 1. The van der Waals surface area contributed by atoms with Crippen LogP contribution in [0.15, 0.2) is 24.4 Å². The van der Waals surface area contributed by atoms with Crippen LogP contribution >= 0.6 is 0 Å². The molecule has 1 aliphatic carbocycles. The molecule has 2 aromatic rings. The Morgan fingerprint density at radius 3 is 2.46 bits per heavy atom. The van der Waals surface area contributed by atoms with E-state index < -0.39 is 6.10 Å². The Bertz CT molecular complexity index is 1170. The lowest BCUT2D eigenvalue weighted by atomic mass is 9.82. The van der Waals surface area contributed by atoms with E-state index in [9.17, 15) is 14.9 Å². The number of nitrogens with zero attached hydrogens (tertiary/aromatic N) is 2. The maximum absolute atomic E-state index is 13.2. The summed E-state index contributed by atoms with van der Waals surface area (Å²) in [6.07, 6.45) is 12.8. The molecule has 1 heterocycles. The number of nitriles is 1. The molecule has 5 atom stereocenters. The molecule has 1 amide bonds. The molecule has 6 nitrogen and oxygen atoms in total. The van der Waals surface area contributed by atoms with Crippen LogP contribution in [0, 0.1) is 35.0 Å². The largest absolute Gasteiger partial charge is 0.363 e. The van der Waals surface area contributed by atoms with Gasteiger partial charge in [0.25, 0.3) is 0 Å².